The molecule has 3 amide bonds. The predicted octanol–water partition coefficient (Wildman–Crippen LogP) is 3.93. The van der Waals surface area contributed by atoms with Crippen molar-refractivity contribution in [1.29, 1.82) is 0 Å². The number of likely N-dealkylation sites (tertiary alicyclic amines) is 1. The number of para-hydroxylation sites is 1. The molecule has 0 spiro atoms. The van der Waals surface area contributed by atoms with Crippen LogP contribution in [0.2, 0.25) is 0 Å². The number of carbonyl (C=O) groups excluding carboxylic acids is 3. The Hall–Kier alpha value is -3.00. The van der Waals surface area contributed by atoms with Crippen LogP contribution < -0.4 is 15.0 Å². The zero-order valence-electron chi connectivity index (χ0n) is 18.8. The fourth-order valence-electron chi connectivity index (χ4n) is 4.14. The Morgan fingerprint density at radius 1 is 1.03 bits per heavy atom. The van der Waals surface area contributed by atoms with Gasteiger partial charge in [-0.15, -0.1) is 11.8 Å². The molecular formula is C25H29N3O4S. The lowest BCUT2D eigenvalue weighted by atomic mass is 10.2. The summed E-state index contributed by atoms with van der Waals surface area (Å²) >= 11 is 1.29. The summed E-state index contributed by atoms with van der Waals surface area (Å²) in [4.78, 5) is 43.6. The molecule has 0 radical (unpaired) electrons. The first-order valence-electron chi connectivity index (χ1n) is 11.5. The van der Waals surface area contributed by atoms with Gasteiger partial charge in [-0.3, -0.25) is 14.4 Å². The van der Waals surface area contributed by atoms with Crippen molar-refractivity contribution in [2.45, 2.75) is 42.8 Å². The molecule has 1 fully saturated rings. The normalized spacial score (nSPS) is 18.3. The van der Waals surface area contributed by atoms with Gasteiger partial charge in [0.05, 0.1) is 12.3 Å². The lowest BCUT2D eigenvalue weighted by molar-refractivity contribution is -0.135. The maximum absolute atomic E-state index is 13.4. The van der Waals surface area contributed by atoms with E-state index in [0.717, 1.165) is 36.3 Å². The zero-order valence-corrected chi connectivity index (χ0v) is 19.6. The molecule has 2 aromatic carbocycles. The third-order valence-electron chi connectivity index (χ3n) is 5.78. The van der Waals surface area contributed by atoms with Crippen molar-refractivity contribution in [1.82, 2.24) is 4.90 Å². The van der Waals surface area contributed by atoms with Gasteiger partial charge >= 0.3 is 0 Å². The van der Waals surface area contributed by atoms with E-state index in [1.807, 2.05) is 36.1 Å². The van der Waals surface area contributed by atoms with E-state index in [9.17, 15) is 14.4 Å². The molecular weight excluding hydrogens is 438 g/mol. The first-order chi connectivity index (χ1) is 16.1. The Morgan fingerprint density at radius 3 is 2.42 bits per heavy atom. The van der Waals surface area contributed by atoms with Crippen molar-refractivity contribution in [3.63, 3.8) is 0 Å². The summed E-state index contributed by atoms with van der Waals surface area (Å²) in [5.74, 6) is -0.0918. The average Bonchev–Trinajstić information content (AvgIpc) is 3.11. The Bertz CT molecular complexity index is 1000. The van der Waals surface area contributed by atoms with Gasteiger partial charge < -0.3 is 19.9 Å². The number of rotatable bonds is 6. The van der Waals surface area contributed by atoms with Gasteiger partial charge in [0.25, 0.3) is 5.91 Å². The van der Waals surface area contributed by atoms with Crippen molar-refractivity contribution in [2.24, 2.45) is 0 Å². The molecule has 7 nitrogen and oxygen atoms in total. The summed E-state index contributed by atoms with van der Waals surface area (Å²) < 4.78 is 5.43. The molecule has 0 bridgehead atoms. The van der Waals surface area contributed by atoms with Crippen LogP contribution in [0, 0.1) is 0 Å². The highest BCUT2D eigenvalue weighted by Gasteiger charge is 2.40. The van der Waals surface area contributed by atoms with Crippen LogP contribution in [0.1, 0.15) is 32.6 Å². The Kier molecular flexibility index (Phi) is 7.54. The van der Waals surface area contributed by atoms with Gasteiger partial charge in [-0.05, 0) is 56.2 Å². The van der Waals surface area contributed by atoms with Crippen LogP contribution in [0.3, 0.4) is 0 Å². The second-order valence-corrected chi connectivity index (χ2v) is 9.28. The van der Waals surface area contributed by atoms with Crippen LogP contribution in [0.25, 0.3) is 0 Å². The lowest BCUT2D eigenvalue weighted by Gasteiger charge is -2.34. The Labute approximate surface area is 198 Å². The highest BCUT2D eigenvalue weighted by atomic mass is 32.2. The molecule has 1 unspecified atom stereocenters. The van der Waals surface area contributed by atoms with Gasteiger partial charge in [-0.2, -0.15) is 0 Å². The van der Waals surface area contributed by atoms with E-state index in [2.05, 4.69) is 5.32 Å². The molecule has 1 atom stereocenters. The molecule has 2 heterocycles. The van der Waals surface area contributed by atoms with E-state index < -0.39 is 5.25 Å². The van der Waals surface area contributed by atoms with Gasteiger partial charge in [-0.1, -0.05) is 25.0 Å². The Balaban J connectivity index is 1.50. The highest BCUT2D eigenvalue weighted by Crippen LogP contribution is 2.39. The van der Waals surface area contributed by atoms with Gasteiger partial charge in [0.1, 0.15) is 12.3 Å². The van der Waals surface area contributed by atoms with Crippen molar-refractivity contribution in [3.8, 4) is 5.75 Å². The maximum Gasteiger partial charge on any atom is 0.250 e. The molecule has 2 aliphatic rings. The molecule has 0 aliphatic carbocycles. The number of fused-ring (bicyclic) bond motifs is 1. The van der Waals surface area contributed by atoms with E-state index in [-0.39, 0.29) is 24.3 Å². The van der Waals surface area contributed by atoms with Crippen molar-refractivity contribution >= 4 is 40.9 Å². The summed E-state index contributed by atoms with van der Waals surface area (Å²) in [5.41, 5.74) is 1.28. The van der Waals surface area contributed by atoms with Crippen LogP contribution in [0.5, 0.6) is 5.75 Å². The van der Waals surface area contributed by atoms with Crippen LogP contribution in [0.4, 0.5) is 11.4 Å². The van der Waals surface area contributed by atoms with E-state index in [1.165, 1.54) is 16.7 Å². The summed E-state index contributed by atoms with van der Waals surface area (Å²) in [6, 6.07) is 14.5. The molecule has 0 saturated carbocycles. The third kappa shape index (κ3) is 5.50. The molecule has 4 rings (SSSR count). The predicted molar refractivity (Wildman–Crippen MR) is 130 cm³/mol. The fourth-order valence-corrected chi connectivity index (χ4v) is 5.33. The van der Waals surface area contributed by atoms with Crippen molar-refractivity contribution in [3.05, 3.63) is 48.5 Å². The number of carbonyl (C=O) groups is 3. The quantitative estimate of drug-likeness (QED) is 0.651. The summed E-state index contributed by atoms with van der Waals surface area (Å²) in [5, 5.41) is 1.97. The standard InChI is InChI=1S/C25H29N3O4S/c1-2-32-19-13-11-18(12-14-19)26-22(29)17-28-20-9-5-6-10-21(20)33-23(25(28)31)24(30)27-15-7-3-4-8-16-27/h5-6,9-14,23H,2-4,7-8,15-17H2,1H3,(H,26,29). The average molecular weight is 468 g/mol. The third-order valence-corrected chi connectivity index (χ3v) is 7.02. The molecule has 174 valence electrons. The number of hydrogen-bond acceptors (Lipinski definition) is 5. The molecule has 1 saturated heterocycles. The number of ether oxygens (including phenoxy) is 1. The largest absolute Gasteiger partial charge is 0.494 e. The first kappa shape index (κ1) is 23.2. The van der Waals surface area contributed by atoms with E-state index in [4.69, 9.17) is 4.74 Å². The molecule has 8 heteroatoms. The van der Waals surface area contributed by atoms with E-state index in [1.54, 1.807) is 24.3 Å². The summed E-state index contributed by atoms with van der Waals surface area (Å²) in [6.07, 6.45) is 4.14. The van der Waals surface area contributed by atoms with Crippen LogP contribution in [-0.2, 0) is 14.4 Å². The minimum atomic E-state index is -0.865. The number of amides is 3. The molecule has 33 heavy (non-hydrogen) atoms. The number of thioether (sulfide) groups is 1. The molecule has 2 aliphatic heterocycles. The summed E-state index contributed by atoms with van der Waals surface area (Å²) in [7, 11) is 0. The Morgan fingerprint density at radius 2 is 1.73 bits per heavy atom. The first-order valence-corrected chi connectivity index (χ1v) is 12.3. The number of nitrogens with zero attached hydrogens (tertiary/aromatic N) is 2. The second-order valence-electron chi connectivity index (χ2n) is 8.14. The zero-order chi connectivity index (χ0) is 23.2. The number of nitrogens with one attached hydrogen (secondary N) is 1. The molecule has 2 aromatic rings. The topological polar surface area (TPSA) is 79.0 Å². The minimum Gasteiger partial charge on any atom is -0.494 e. The van der Waals surface area contributed by atoms with Crippen LogP contribution in [-0.4, -0.2) is 54.1 Å². The van der Waals surface area contributed by atoms with E-state index in [0.29, 0.717) is 31.1 Å². The number of benzene rings is 2. The molecule has 0 aromatic heterocycles. The number of hydrogen-bond donors (Lipinski definition) is 1. The maximum atomic E-state index is 13.4. The smallest absolute Gasteiger partial charge is 0.250 e. The van der Waals surface area contributed by atoms with Crippen LogP contribution >= 0.6 is 11.8 Å². The second kappa shape index (κ2) is 10.7. The lowest BCUT2D eigenvalue weighted by Crippen LogP contribution is -2.51. The SMILES string of the molecule is CCOc1ccc(NC(=O)CN2C(=O)C(C(=O)N3CCCCCC3)Sc3ccccc32)cc1. The number of anilines is 2. The van der Waals surface area contributed by atoms with Gasteiger partial charge in [0.15, 0.2) is 5.25 Å². The minimum absolute atomic E-state index is 0.154. The van der Waals surface area contributed by atoms with Crippen LogP contribution in [0.15, 0.2) is 53.4 Å². The van der Waals surface area contributed by atoms with Gasteiger partial charge in [0, 0.05) is 23.7 Å². The van der Waals surface area contributed by atoms with Gasteiger partial charge in [-0.25, -0.2) is 0 Å². The highest BCUT2D eigenvalue weighted by molar-refractivity contribution is 8.01. The van der Waals surface area contributed by atoms with E-state index >= 15 is 0 Å². The van der Waals surface area contributed by atoms with Crippen molar-refractivity contribution < 1.29 is 19.1 Å². The fraction of sp³-hybridized carbons (Fsp3) is 0.400. The van der Waals surface area contributed by atoms with Crippen molar-refractivity contribution in [2.75, 3.05) is 36.5 Å². The monoisotopic (exact) mass is 467 g/mol. The summed E-state index contributed by atoms with van der Waals surface area (Å²) in [6.45, 7) is 3.68. The van der Waals surface area contributed by atoms with Gasteiger partial charge in [0.2, 0.25) is 11.8 Å². The molecule has 1 N–H and O–H groups in total.